The smallest absolute Gasteiger partial charge is 0.115 e. The number of hydrogen-bond donors (Lipinski definition) is 2. The molecule has 1 saturated carbocycles. The van der Waals surface area contributed by atoms with Crippen molar-refractivity contribution in [1.82, 2.24) is 10.2 Å². The van der Waals surface area contributed by atoms with Crippen molar-refractivity contribution in [2.45, 2.75) is 38.3 Å². The Kier molecular flexibility index (Phi) is 4.04. The molecule has 0 spiro atoms. The molecule has 19 heavy (non-hydrogen) atoms. The fraction of sp³-hybridized carbons (Fsp3) is 0.625. The van der Waals surface area contributed by atoms with Gasteiger partial charge in [-0.1, -0.05) is 12.1 Å². The molecule has 0 amide bonds. The first kappa shape index (κ1) is 12.9. The number of nitrogens with one attached hydrogen (secondary N) is 1. The first-order chi connectivity index (χ1) is 9.29. The summed E-state index contributed by atoms with van der Waals surface area (Å²) in [4.78, 5) is 2.56. The van der Waals surface area contributed by atoms with Gasteiger partial charge in [0.1, 0.15) is 5.75 Å². The van der Waals surface area contributed by atoms with Gasteiger partial charge < -0.3 is 10.4 Å². The predicted octanol–water partition coefficient (Wildman–Crippen LogP) is 2.36. The summed E-state index contributed by atoms with van der Waals surface area (Å²) in [6, 6.07) is 8.35. The summed E-state index contributed by atoms with van der Waals surface area (Å²) < 4.78 is 0. The Morgan fingerprint density at radius 2 is 2.11 bits per heavy atom. The molecular formula is C16H24N2O. The van der Waals surface area contributed by atoms with Gasteiger partial charge in [0, 0.05) is 25.7 Å². The van der Waals surface area contributed by atoms with Gasteiger partial charge in [-0.25, -0.2) is 0 Å². The monoisotopic (exact) mass is 260 g/mol. The Morgan fingerprint density at radius 3 is 2.79 bits per heavy atom. The van der Waals surface area contributed by atoms with Gasteiger partial charge in [-0.3, -0.25) is 4.90 Å². The average Bonchev–Trinajstić information content (AvgIpc) is 3.03. The molecule has 3 rings (SSSR count). The molecule has 2 aliphatic rings. The van der Waals surface area contributed by atoms with E-state index in [1.807, 2.05) is 12.1 Å². The van der Waals surface area contributed by atoms with E-state index in [9.17, 15) is 5.11 Å². The molecule has 1 heterocycles. The van der Waals surface area contributed by atoms with Crippen LogP contribution >= 0.6 is 0 Å². The van der Waals surface area contributed by atoms with Crippen LogP contribution in [0.2, 0.25) is 0 Å². The number of nitrogens with zero attached hydrogens (tertiary/aromatic N) is 1. The van der Waals surface area contributed by atoms with Crippen LogP contribution in [0.25, 0.3) is 0 Å². The van der Waals surface area contributed by atoms with E-state index in [0.717, 1.165) is 19.0 Å². The van der Waals surface area contributed by atoms with Crippen molar-refractivity contribution in [2.75, 3.05) is 19.6 Å². The molecule has 0 aromatic heterocycles. The number of hydrogen-bond acceptors (Lipinski definition) is 3. The van der Waals surface area contributed by atoms with Crippen LogP contribution in [-0.4, -0.2) is 35.7 Å². The maximum Gasteiger partial charge on any atom is 0.115 e. The minimum Gasteiger partial charge on any atom is -0.508 e. The summed E-state index contributed by atoms with van der Waals surface area (Å²) >= 11 is 0. The molecule has 3 nitrogen and oxygen atoms in total. The second-order valence-corrected chi connectivity index (χ2v) is 6.10. The highest BCUT2D eigenvalue weighted by Gasteiger charge is 2.26. The zero-order valence-corrected chi connectivity index (χ0v) is 11.5. The van der Waals surface area contributed by atoms with Gasteiger partial charge in [0.25, 0.3) is 0 Å². The minimum absolute atomic E-state index is 0.378. The SMILES string of the molecule is Oc1cccc(CN(CC2CC2)CC2CCCN2)c1. The molecule has 1 aliphatic carbocycles. The number of phenols is 1. The summed E-state index contributed by atoms with van der Waals surface area (Å²) in [6.07, 6.45) is 5.42. The number of rotatable bonds is 6. The maximum atomic E-state index is 9.57. The molecule has 0 bridgehead atoms. The summed E-state index contributed by atoms with van der Waals surface area (Å²) in [5, 5.41) is 13.2. The molecule has 0 radical (unpaired) electrons. The molecule has 2 N–H and O–H groups in total. The maximum absolute atomic E-state index is 9.57. The van der Waals surface area contributed by atoms with Gasteiger partial charge in [-0.15, -0.1) is 0 Å². The van der Waals surface area contributed by atoms with Crippen molar-refractivity contribution in [3.8, 4) is 5.75 Å². The molecular weight excluding hydrogens is 236 g/mol. The van der Waals surface area contributed by atoms with Crippen LogP contribution in [0.5, 0.6) is 5.75 Å². The lowest BCUT2D eigenvalue weighted by molar-refractivity contribution is 0.231. The Hall–Kier alpha value is -1.06. The van der Waals surface area contributed by atoms with E-state index in [0.29, 0.717) is 11.8 Å². The molecule has 1 aromatic carbocycles. The molecule has 104 valence electrons. The topological polar surface area (TPSA) is 35.5 Å². The van der Waals surface area contributed by atoms with Crippen molar-refractivity contribution < 1.29 is 5.11 Å². The first-order valence-corrected chi connectivity index (χ1v) is 7.53. The van der Waals surface area contributed by atoms with Crippen molar-refractivity contribution >= 4 is 0 Å². The average molecular weight is 260 g/mol. The van der Waals surface area contributed by atoms with E-state index in [2.05, 4.69) is 16.3 Å². The third kappa shape index (κ3) is 3.95. The van der Waals surface area contributed by atoms with Crippen LogP contribution in [0.3, 0.4) is 0 Å². The predicted molar refractivity (Wildman–Crippen MR) is 77.1 cm³/mol. The van der Waals surface area contributed by atoms with Crippen LogP contribution in [0.4, 0.5) is 0 Å². The van der Waals surface area contributed by atoms with Gasteiger partial charge >= 0.3 is 0 Å². The number of benzene rings is 1. The Balaban J connectivity index is 1.60. The van der Waals surface area contributed by atoms with Crippen LogP contribution in [0.1, 0.15) is 31.2 Å². The van der Waals surface area contributed by atoms with E-state index >= 15 is 0 Å². The zero-order valence-electron chi connectivity index (χ0n) is 11.5. The lowest BCUT2D eigenvalue weighted by Crippen LogP contribution is -2.38. The molecule has 1 saturated heterocycles. The standard InChI is InChI=1S/C16H24N2O/c19-16-5-1-3-14(9-16)11-18(10-13-6-7-13)12-15-4-2-8-17-15/h1,3,5,9,13,15,17,19H,2,4,6-8,10-12H2. The molecule has 1 aliphatic heterocycles. The van der Waals surface area contributed by atoms with Crippen molar-refractivity contribution in [3.05, 3.63) is 29.8 Å². The summed E-state index contributed by atoms with van der Waals surface area (Å²) in [7, 11) is 0. The van der Waals surface area contributed by atoms with E-state index in [1.165, 1.54) is 44.3 Å². The summed E-state index contributed by atoms with van der Waals surface area (Å²) in [5.74, 6) is 1.29. The molecule has 1 unspecified atom stereocenters. The Labute approximate surface area is 115 Å². The largest absolute Gasteiger partial charge is 0.508 e. The van der Waals surface area contributed by atoms with Crippen molar-refractivity contribution in [1.29, 1.82) is 0 Å². The van der Waals surface area contributed by atoms with Gasteiger partial charge in [0.2, 0.25) is 0 Å². The minimum atomic E-state index is 0.378. The van der Waals surface area contributed by atoms with Crippen LogP contribution in [0, 0.1) is 5.92 Å². The van der Waals surface area contributed by atoms with Crippen molar-refractivity contribution in [3.63, 3.8) is 0 Å². The zero-order chi connectivity index (χ0) is 13.1. The third-order valence-electron chi connectivity index (χ3n) is 4.17. The first-order valence-electron chi connectivity index (χ1n) is 7.53. The van der Waals surface area contributed by atoms with E-state index in [1.54, 1.807) is 6.07 Å². The Bertz CT molecular complexity index is 411. The van der Waals surface area contributed by atoms with Crippen LogP contribution < -0.4 is 5.32 Å². The lowest BCUT2D eigenvalue weighted by Gasteiger charge is -2.25. The van der Waals surface area contributed by atoms with Crippen LogP contribution in [0.15, 0.2) is 24.3 Å². The van der Waals surface area contributed by atoms with Gasteiger partial charge in [-0.2, -0.15) is 0 Å². The highest BCUT2D eigenvalue weighted by atomic mass is 16.3. The summed E-state index contributed by atoms with van der Waals surface area (Å²) in [5.41, 5.74) is 1.22. The summed E-state index contributed by atoms with van der Waals surface area (Å²) in [6.45, 7) is 4.50. The normalized spacial score (nSPS) is 23.1. The third-order valence-corrected chi connectivity index (χ3v) is 4.17. The van der Waals surface area contributed by atoms with Gasteiger partial charge in [-0.05, 0) is 55.8 Å². The number of aromatic hydroxyl groups is 1. The highest BCUT2D eigenvalue weighted by molar-refractivity contribution is 5.27. The van der Waals surface area contributed by atoms with E-state index in [4.69, 9.17) is 0 Å². The fourth-order valence-corrected chi connectivity index (χ4v) is 3.01. The second kappa shape index (κ2) is 5.93. The number of phenolic OH excluding ortho intramolecular Hbond substituents is 1. The fourth-order valence-electron chi connectivity index (χ4n) is 3.01. The second-order valence-electron chi connectivity index (χ2n) is 6.10. The molecule has 3 heteroatoms. The molecule has 1 aromatic rings. The quantitative estimate of drug-likeness (QED) is 0.824. The van der Waals surface area contributed by atoms with Crippen molar-refractivity contribution in [2.24, 2.45) is 5.92 Å². The lowest BCUT2D eigenvalue weighted by atomic mass is 10.1. The Morgan fingerprint density at radius 1 is 1.21 bits per heavy atom. The van der Waals surface area contributed by atoms with Gasteiger partial charge in [0.15, 0.2) is 0 Å². The van der Waals surface area contributed by atoms with E-state index < -0.39 is 0 Å². The molecule has 1 atom stereocenters. The van der Waals surface area contributed by atoms with E-state index in [-0.39, 0.29) is 0 Å². The van der Waals surface area contributed by atoms with Gasteiger partial charge in [0.05, 0.1) is 0 Å². The molecule has 2 fully saturated rings. The van der Waals surface area contributed by atoms with Crippen LogP contribution in [-0.2, 0) is 6.54 Å². The highest BCUT2D eigenvalue weighted by Crippen LogP contribution is 2.30.